The lowest BCUT2D eigenvalue weighted by Gasteiger charge is -2.34. The number of aromatic amines is 1. The molecule has 3 amide bonds. The van der Waals surface area contributed by atoms with E-state index in [-0.39, 0.29) is 37.7 Å². The predicted octanol–water partition coefficient (Wildman–Crippen LogP) is 1.58. The highest BCUT2D eigenvalue weighted by Crippen LogP contribution is 2.23. The molecule has 232 valence electrons. The summed E-state index contributed by atoms with van der Waals surface area (Å²) in [5, 5.41) is 16.9. The first-order chi connectivity index (χ1) is 21.7. The van der Waals surface area contributed by atoms with Crippen molar-refractivity contribution in [2.75, 3.05) is 37.0 Å². The fourth-order valence-electron chi connectivity index (χ4n) is 4.58. The Hall–Kier alpha value is -5.60. The van der Waals surface area contributed by atoms with Gasteiger partial charge in [0.2, 0.25) is 0 Å². The zero-order chi connectivity index (χ0) is 31.9. The summed E-state index contributed by atoms with van der Waals surface area (Å²) in [6.07, 6.45) is -3.34. The van der Waals surface area contributed by atoms with Gasteiger partial charge in [0.15, 0.2) is 18.0 Å². The van der Waals surface area contributed by atoms with Crippen LogP contribution in [0.3, 0.4) is 0 Å². The Morgan fingerprint density at radius 1 is 1.09 bits per heavy atom. The molecule has 1 aromatic heterocycles. The largest absolute Gasteiger partial charge is 0.459 e. The number of benzene rings is 3. The molecule has 4 aromatic rings. The smallest absolute Gasteiger partial charge is 0.439 e. The molecule has 45 heavy (non-hydrogen) atoms. The van der Waals surface area contributed by atoms with Gasteiger partial charge in [-0.25, -0.2) is 4.79 Å². The second-order valence-electron chi connectivity index (χ2n) is 10.1. The van der Waals surface area contributed by atoms with Crippen molar-refractivity contribution >= 4 is 35.1 Å². The van der Waals surface area contributed by atoms with Gasteiger partial charge in [0.1, 0.15) is 13.2 Å². The monoisotopic (exact) mass is 615 g/mol. The summed E-state index contributed by atoms with van der Waals surface area (Å²) in [6, 6.07) is 21.6. The summed E-state index contributed by atoms with van der Waals surface area (Å²) in [4.78, 5) is 67.7. The fourth-order valence-corrected chi connectivity index (χ4v) is 4.58. The summed E-state index contributed by atoms with van der Waals surface area (Å²) in [7, 11) is 1.46. The predicted molar refractivity (Wildman–Crippen MR) is 159 cm³/mol. The van der Waals surface area contributed by atoms with Crippen molar-refractivity contribution in [2.24, 2.45) is 0 Å². The molecule has 0 bridgehead atoms. The summed E-state index contributed by atoms with van der Waals surface area (Å²) in [6.45, 7) is -0.0516. The Kier molecular flexibility index (Phi) is 9.46. The summed E-state index contributed by atoms with van der Waals surface area (Å²) >= 11 is 0. The number of aromatic nitrogens is 2. The van der Waals surface area contributed by atoms with Crippen molar-refractivity contribution < 1.29 is 38.3 Å². The molecule has 0 spiro atoms. The number of nitrogens with zero attached hydrogens (tertiary/aromatic N) is 3. The number of rotatable bonds is 10. The number of hydrogen-bond acceptors (Lipinski definition) is 10. The number of morpholine rings is 1. The third kappa shape index (κ3) is 7.49. The number of aliphatic hydroxyl groups is 1. The van der Waals surface area contributed by atoms with E-state index in [9.17, 15) is 29.1 Å². The molecule has 1 aliphatic heterocycles. The molecular formula is C31H29N5O9. The lowest BCUT2D eigenvalue weighted by Crippen LogP contribution is -2.55. The van der Waals surface area contributed by atoms with Gasteiger partial charge in [-0.05, 0) is 48.0 Å². The molecule has 2 atom stereocenters. The molecule has 5 rings (SSSR count). The highest BCUT2D eigenvalue weighted by Gasteiger charge is 2.39. The van der Waals surface area contributed by atoms with Crippen molar-refractivity contribution in [1.29, 1.82) is 0 Å². The maximum absolute atomic E-state index is 13.3. The van der Waals surface area contributed by atoms with Crippen molar-refractivity contribution in [3.05, 3.63) is 101 Å². The first kappa shape index (κ1) is 30.8. The number of likely N-dealkylation sites (N-methyl/N-ethyl adjacent to an activating group) is 1. The van der Waals surface area contributed by atoms with Crippen LogP contribution in [-0.4, -0.2) is 82.8 Å². The maximum Gasteiger partial charge on any atom is 0.439 e. The number of amides is 3. The van der Waals surface area contributed by atoms with E-state index in [1.807, 2.05) is 30.3 Å². The topological polar surface area (TPSA) is 184 Å². The number of ether oxygens (including phenoxy) is 2. The minimum atomic E-state index is -1.84. The lowest BCUT2D eigenvalue weighted by atomic mass is 10.1. The second-order valence-corrected chi connectivity index (χ2v) is 10.1. The van der Waals surface area contributed by atoms with E-state index in [1.54, 1.807) is 30.3 Å². The standard InChI is InChI=1S/C31H29N5O9/c1-35(17-24(37)44-18-19-6-3-2-4-7-19)29(40)21-8-5-9-23(16-21)36-14-15-43-26(30(36)41)25(38)28(39)32-22-12-10-20(11-13-22)27-33-31(42)45-34-27/h2-13,16,25-26,38H,14-15,17-18H2,1H3,(H,32,39)(H,33,34,42)/t25-,26-/m1/s1. The zero-order valence-corrected chi connectivity index (χ0v) is 24.0. The number of carbonyl (C=O) groups excluding carboxylic acids is 4. The number of aliphatic hydroxyl groups excluding tert-OH is 1. The Morgan fingerprint density at radius 3 is 2.56 bits per heavy atom. The summed E-state index contributed by atoms with van der Waals surface area (Å²) in [5.74, 6) is -3.09. The number of carbonyl (C=O) groups is 4. The maximum atomic E-state index is 13.3. The number of anilines is 2. The van der Waals surface area contributed by atoms with E-state index in [4.69, 9.17) is 9.47 Å². The first-order valence-electron chi connectivity index (χ1n) is 13.8. The Morgan fingerprint density at radius 2 is 1.84 bits per heavy atom. The first-order valence-corrected chi connectivity index (χ1v) is 13.8. The molecule has 3 N–H and O–H groups in total. The fraction of sp³-hybridized carbons (Fsp3) is 0.226. The summed E-state index contributed by atoms with van der Waals surface area (Å²) < 4.78 is 15.2. The van der Waals surface area contributed by atoms with E-state index >= 15 is 0 Å². The quantitative estimate of drug-likeness (QED) is 0.221. The molecule has 1 fully saturated rings. The number of H-pyrrole nitrogens is 1. The van der Waals surface area contributed by atoms with Crippen LogP contribution in [0.1, 0.15) is 15.9 Å². The third-order valence-electron chi connectivity index (χ3n) is 6.90. The average Bonchev–Trinajstić information content (AvgIpc) is 3.50. The molecule has 0 radical (unpaired) electrons. The van der Waals surface area contributed by atoms with Crippen LogP contribution in [0.4, 0.5) is 11.4 Å². The van der Waals surface area contributed by atoms with Gasteiger partial charge in [-0.2, -0.15) is 0 Å². The number of esters is 1. The molecule has 1 aliphatic rings. The van der Waals surface area contributed by atoms with Gasteiger partial charge in [0.25, 0.3) is 17.7 Å². The van der Waals surface area contributed by atoms with Crippen molar-refractivity contribution in [3.63, 3.8) is 0 Å². The van der Waals surface area contributed by atoms with Crippen LogP contribution in [-0.2, 0) is 30.5 Å². The highest BCUT2D eigenvalue weighted by molar-refractivity contribution is 6.04. The van der Waals surface area contributed by atoms with E-state index < -0.39 is 41.7 Å². The third-order valence-corrected chi connectivity index (χ3v) is 6.90. The van der Waals surface area contributed by atoms with E-state index in [0.29, 0.717) is 16.9 Å². The Bertz CT molecular complexity index is 1740. The van der Waals surface area contributed by atoms with Gasteiger partial charge < -0.3 is 29.7 Å². The minimum Gasteiger partial charge on any atom is -0.459 e. The van der Waals surface area contributed by atoms with E-state index in [1.165, 1.54) is 35.0 Å². The molecular weight excluding hydrogens is 586 g/mol. The Labute approximate surface area is 256 Å². The van der Waals surface area contributed by atoms with Crippen LogP contribution in [0, 0.1) is 0 Å². The minimum absolute atomic E-state index is 0.0245. The molecule has 1 saturated heterocycles. The second kappa shape index (κ2) is 13.8. The number of nitrogens with one attached hydrogen (secondary N) is 2. The van der Waals surface area contributed by atoms with Gasteiger partial charge in [0.05, 0.1) is 6.61 Å². The van der Waals surface area contributed by atoms with Crippen LogP contribution in [0.2, 0.25) is 0 Å². The van der Waals surface area contributed by atoms with Crippen LogP contribution in [0.15, 0.2) is 88.2 Å². The molecule has 14 nitrogen and oxygen atoms in total. The van der Waals surface area contributed by atoms with Crippen LogP contribution < -0.4 is 16.0 Å². The van der Waals surface area contributed by atoms with Crippen LogP contribution >= 0.6 is 0 Å². The molecule has 0 saturated carbocycles. The summed E-state index contributed by atoms with van der Waals surface area (Å²) in [5.41, 5.74) is 2.23. The van der Waals surface area contributed by atoms with Crippen molar-refractivity contribution in [2.45, 2.75) is 18.8 Å². The van der Waals surface area contributed by atoms with Gasteiger partial charge in [-0.15, -0.1) is 0 Å². The zero-order valence-electron chi connectivity index (χ0n) is 24.0. The molecule has 3 aromatic carbocycles. The molecule has 2 heterocycles. The highest BCUT2D eigenvalue weighted by atomic mass is 16.5. The van der Waals surface area contributed by atoms with Gasteiger partial charge in [-0.3, -0.25) is 28.7 Å². The van der Waals surface area contributed by atoms with Crippen molar-refractivity contribution in [3.8, 4) is 11.4 Å². The van der Waals surface area contributed by atoms with Gasteiger partial charge >= 0.3 is 11.7 Å². The molecule has 14 heteroatoms. The van der Waals surface area contributed by atoms with E-state index in [0.717, 1.165) is 5.56 Å². The van der Waals surface area contributed by atoms with E-state index in [2.05, 4.69) is 20.0 Å². The lowest BCUT2D eigenvalue weighted by molar-refractivity contribution is -0.150. The normalized spacial score (nSPS) is 15.3. The van der Waals surface area contributed by atoms with Crippen LogP contribution in [0.5, 0.6) is 0 Å². The number of hydrogen-bond donors (Lipinski definition) is 3. The Balaban J connectivity index is 1.19. The molecule has 0 aliphatic carbocycles. The average molecular weight is 616 g/mol. The van der Waals surface area contributed by atoms with Crippen LogP contribution in [0.25, 0.3) is 11.4 Å². The van der Waals surface area contributed by atoms with Crippen molar-refractivity contribution in [1.82, 2.24) is 15.0 Å². The SMILES string of the molecule is CN(CC(=O)OCc1ccccc1)C(=O)c1cccc(N2CCO[C@H]([C@@H](O)C(=O)Nc3ccc(-c4noc(=O)[nH]4)cc3)C2=O)c1. The molecule has 0 unspecified atom stereocenters. The van der Waals surface area contributed by atoms with Gasteiger partial charge in [0, 0.05) is 36.1 Å². The van der Waals surface area contributed by atoms with Gasteiger partial charge in [-0.1, -0.05) is 41.6 Å².